The van der Waals surface area contributed by atoms with Gasteiger partial charge in [0.05, 0.1) is 18.0 Å². The van der Waals surface area contributed by atoms with Gasteiger partial charge in [-0.25, -0.2) is 8.42 Å². The molecule has 0 saturated heterocycles. The zero-order valence-electron chi connectivity index (χ0n) is 17.6. The van der Waals surface area contributed by atoms with Gasteiger partial charge >= 0.3 is 0 Å². The molecule has 5 nitrogen and oxygen atoms in total. The molecular formula is C22H29ClN2O3S. The lowest BCUT2D eigenvalue weighted by atomic mass is 10.00. The minimum absolute atomic E-state index is 0.103. The number of halogens is 1. The van der Waals surface area contributed by atoms with Crippen molar-refractivity contribution in [2.75, 3.05) is 17.1 Å². The monoisotopic (exact) mass is 436 g/mol. The van der Waals surface area contributed by atoms with Crippen molar-refractivity contribution in [2.45, 2.75) is 46.6 Å². The molecule has 0 aliphatic rings. The molecule has 0 saturated carbocycles. The average Bonchev–Trinajstić information content (AvgIpc) is 2.60. The molecule has 0 heterocycles. The molecule has 7 heteroatoms. The number of hydrogen-bond donors (Lipinski definition) is 1. The molecule has 2 aromatic carbocycles. The van der Waals surface area contributed by atoms with Crippen LogP contribution in [0.25, 0.3) is 0 Å². The first-order valence-corrected chi connectivity index (χ1v) is 11.8. The summed E-state index contributed by atoms with van der Waals surface area (Å²) in [7, 11) is -3.49. The van der Waals surface area contributed by atoms with Gasteiger partial charge in [0, 0.05) is 18.0 Å². The van der Waals surface area contributed by atoms with Crippen molar-refractivity contribution in [2.24, 2.45) is 0 Å². The van der Waals surface area contributed by atoms with Crippen molar-refractivity contribution < 1.29 is 13.2 Å². The second kappa shape index (κ2) is 9.63. The lowest BCUT2D eigenvalue weighted by Crippen LogP contribution is -2.33. The summed E-state index contributed by atoms with van der Waals surface area (Å²) < 4.78 is 25.9. The molecule has 0 aromatic heterocycles. The molecule has 1 amide bonds. The Bertz CT molecular complexity index is 990. The number of carbonyl (C=O) groups excluding carboxylic acids is 1. The summed E-state index contributed by atoms with van der Waals surface area (Å²) in [4.78, 5) is 12.4. The maximum absolute atomic E-state index is 12.4. The predicted molar refractivity (Wildman–Crippen MR) is 120 cm³/mol. The van der Waals surface area contributed by atoms with Crippen LogP contribution in [0.3, 0.4) is 0 Å². The average molecular weight is 437 g/mol. The highest BCUT2D eigenvalue weighted by Gasteiger charge is 2.20. The SMILES string of the molecule is Cc1ccc(C(C)NC(=O)CCCN(c2cccc(Cl)c2C)S(C)(=O)=O)c(C)c1. The number of nitrogens with one attached hydrogen (secondary N) is 1. The van der Waals surface area contributed by atoms with E-state index in [-0.39, 0.29) is 24.9 Å². The number of anilines is 1. The van der Waals surface area contributed by atoms with Gasteiger partial charge in [0.15, 0.2) is 0 Å². The number of amides is 1. The third-order valence-corrected chi connectivity index (χ3v) is 6.53. The Hall–Kier alpha value is -2.05. The Labute approximate surface area is 179 Å². The molecule has 29 heavy (non-hydrogen) atoms. The fourth-order valence-corrected chi connectivity index (χ4v) is 4.60. The van der Waals surface area contributed by atoms with Crippen LogP contribution in [0, 0.1) is 20.8 Å². The topological polar surface area (TPSA) is 66.5 Å². The highest BCUT2D eigenvalue weighted by atomic mass is 35.5. The number of aryl methyl sites for hydroxylation is 2. The maximum atomic E-state index is 12.4. The maximum Gasteiger partial charge on any atom is 0.232 e. The molecule has 0 radical (unpaired) electrons. The van der Waals surface area contributed by atoms with E-state index in [9.17, 15) is 13.2 Å². The number of benzene rings is 2. The Morgan fingerprint density at radius 3 is 2.48 bits per heavy atom. The summed E-state index contributed by atoms with van der Waals surface area (Å²) in [5.74, 6) is -0.103. The summed E-state index contributed by atoms with van der Waals surface area (Å²) in [6.45, 7) is 8.02. The van der Waals surface area contributed by atoms with Gasteiger partial charge in [0.25, 0.3) is 0 Å². The summed E-state index contributed by atoms with van der Waals surface area (Å²) in [6.07, 6.45) is 1.81. The van der Waals surface area contributed by atoms with Gasteiger partial charge in [-0.3, -0.25) is 9.10 Å². The summed E-state index contributed by atoms with van der Waals surface area (Å²) in [5.41, 5.74) is 4.65. The summed E-state index contributed by atoms with van der Waals surface area (Å²) in [6, 6.07) is 11.2. The van der Waals surface area contributed by atoms with E-state index in [4.69, 9.17) is 11.6 Å². The predicted octanol–water partition coefficient (Wildman–Crippen LogP) is 4.69. The Morgan fingerprint density at radius 2 is 1.86 bits per heavy atom. The van der Waals surface area contributed by atoms with Crippen LogP contribution >= 0.6 is 11.6 Å². The van der Waals surface area contributed by atoms with E-state index in [1.165, 1.54) is 9.87 Å². The molecule has 2 rings (SSSR count). The lowest BCUT2D eigenvalue weighted by Gasteiger charge is -2.24. The van der Waals surface area contributed by atoms with E-state index in [1.54, 1.807) is 25.1 Å². The molecule has 158 valence electrons. The summed E-state index contributed by atoms with van der Waals surface area (Å²) in [5, 5.41) is 3.51. The van der Waals surface area contributed by atoms with Gasteiger partial charge in [-0.2, -0.15) is 0 Å². The minimum atomic E-state index is -3.49. The number of nitrogens with zero attached hydrogens (tertiary/aromatic N) is 1. The van der Waals surface area contributed by atoms with Crippen LogP contribution in [0.2, 0.25) is 5.02 Å². The van der Waals surface area contributed by atoms with Crippen LogP contribution in [0.5, 0.6) is 0 Å². The van der Waals surface area contributed by atoms with Crippen LogP contribution < -0.4 is 9.62 Å². The third-order valence-electron chi connectivity index (χ3n) is 4.94. The van der Waals surface area contributed by atoms with E-state index >= 15 is 0 Å². The van der Waals surface area contributed by atoms with Crippen LogP contribution in [-0.2, 0) is 14.8 Å². The molecule has 0 spiro atoms. The Morgan fingerprint density at radius 1 is 1.17 bits per heavy atom. The van der Waals surface area contributed by atoms with Crippen molar-refractivity contribution >= 4 is 33.2 Å². The molecule has 0 bridgehead atoms. The Balaban J connectivity index is 2.00. The van der Waals surface area contributed by atoms with Crippen molar-refractivity contribution in [3.8, 4) is 0 Å². The van der Waals surface area contributed by atoms with Crippen LogP contribution in [0.1, 0.15) is 48.1 Å². The van der Waals surface area contributed by atoms with Gasteiger partial charge < -0.3 is 5.32 Å². The minimum Gasteiger partial charge on any atom is -0.350 e. The molecule has 1 atom stereocenters. The van der Waals surface area contributed by atoms with E-state index < -0.39 is 10.0 Å². The van der Waals surface area contributed by atoms with E-state index in [0.29, 0.717) is 22.7 Å². The highest BCUT2D eigenvalue weighted by Crippen LogP contribution is 2.28. The smallest absolute Gasteiger partial charge is 0.232 e. The second-order valence-electron chi connectivity index (χ2n) is 7.47. The molecular weight excluding hydrogens is 408 g/mol. The summed E-state index contributed by atoms with van der Waals surface area (Å²) >= 11 is 6.14. The molecule has 2 aromatic rings. The van der Waals surface area contributed by atoms with Gasteiger partial charge in [-0.15, -0.1) is 0 Å². The number of hydrogen-bond acceptors (Lipinski definition) is 3. The zero-order chi connectivity index (χ0) is 21.8. The molecule has 0 aliphatic heterocycles. The first-order chi connectivity index (χ1) is 13.5. The van der Waals surface area contributed by atoms with E-state index in [1.807, 2.05) is 32.9 Å². The highest BCUT2D eigenvalue weighted by molar-refractivity contribution is 7.92. The van der Waals surface area contributed by atoms with Crippen LogP contribution in [-0.4, -0.2) is 27.1 Å². The van der Waals surface area contributed by atoms with E-state index in [0.717, 1.165) is 17.4 Å². The van der Waals surface area contributed by atoms with Gasteiger partial charge in [-0.05, 0) is 62.9 Å². The molecule has 0 aliphatic carbocycles. The normalized spacial score (nSPS) is 12.5. The van der Waals surface area contributed by atoms with Crippen molar-refractivity contribution in [1.82, 2.24) is 5.32 Å². The largest absolute Gasteiger partial charge is 0.350 e. The number of carbonyl (C=O) groups is 1. The lowest BCUT2D eigenvalue weighted by molar-refractivity contribution is -0.121. The van der Waals surface area contributed by atoms with Gasteiger partial charge in [0.1, 0.15) is 0 Å². The fraction of sp³-hybridized carbons (Fsp3) is 0.409. The number of rotatable bonds is 8. The van der Waals surface area contributed by atoms with Crippen LogP contribution in [0.4, 0.5) is 5.69 Å². The number of sulfonamides is 1. The van der Waals surface area contributed by atoms with Crippen molar-refractivity contribution in [3.63, 3.8) is 0 Å². The first kappa shape index (κ1) is 23.2. The molecule has 1 unspecified atom stereocenters. The van der Waals surface area contributed by atoms with Gasteiger partial charge in [0.2, 0.25) is 15.9 Å². The quantitative estimate of drug-likeness (QED) is 0.652. The fourth-order valence-electron chi connectivity index (χ4n) is 3.42. The second-order valence-corrected chi connectivity index (χ2v) is 9.79. The van der Waals surface area contributed by atoms with Crippen LogP contribution in [0.15, 0.2) is 36.4 Å². The molecule has 0 fully saturated rings. The van der Waals surface area contributed by atoms with Gasteiger partial charge in [-0.1, -0.05) is 41.4 Å². The van der Waals surface area contributed by atoms with Crippen molar-refractivity contribution in [1.29, 1.82) is 0 Å². The third kappa shape index (κ3) is 6.21. The Kier molecular flexibility index (Phi) is 7.72. The standard InChI is InChI=1S/C22H29ClN2O3S/c1-15-11-12-19(16(2)14-15)18(4)24-22(26)10-7-13-25(29(5,27)28)21-9-6-8-20(23)17(21)3/h6,8-9,11-12,14,18H,7,10,13H2,1-5H3,(H,24,26). The first-order valence-electron chi connectivity index (χ1n) is 9.60. The zero-order valence-corrected chi connectivity index (χ0v) is 19.2. The van der Waals surface area contributed by atoms with E-state index in [2.05, 4.69) is 11.4 Å². The molecule has 1 N–H and O–H groups in total. The van der Waals surface area contributed by atoms with Crippen molar-refractivity contribution in [3.05, 3.63) is 63.7 Å².